The highest BCUT2D eigenvalue weighted by Crippen LogP contribution is 2.15. The van der Waals surface area contributed by atoms with Crippen LogP contribution in [0.4, 0.5) is 0 Å². The highest BCUT2D eigenvalue weighted by molar-refractivity contribution is 5.45. The summed E-state index contributed by atoms with van der Waals surface area (Å²) >= 11 is 0. The Hall–Kier alpha value is -1.59. The molecule has 5 heteroatoms. The minimum Gasteiger partial charge on any atom is -0.492 e. The normalized spacial score (nSPS) is 16.9. The van der Waals surface area contributed by atoms with Crippen LogP contribution < -0.4 is 4.74 Å². The number of fused-ring (bicyclic) bond motifs is 1. The van der Waals surface area contributed by atoms with E-state index < -0.39 is 0 Å². The van der Waals surface area contributed by atoms with Crippen LogP contribution in [0.2, 0.25) is 0 Å². The predicted molar refractivity (Wildman–Crippen MR) is 72.7 cm³/mol. The SMILES string of the molecule is Cc1cnc2cc(OCCN3CCOCC3)ccn12. The lowest BCUT2D eigenvalue weighted by Gasteiger charge is -2.26. The molecule has 0 radical (unpaired) electrons. The Morgan fingerprint density at radius 2 is 2.21 bits per heavy atom. The molecule has 0 aliphatic carbocycles. The van der Waals surface area contributed by atoms with Gasteiger partial charge in [-0.1, -0.05) is 0 Å². The molecule has 1 aliphatic heterocycles. The maximum Gasteiger partial charge on any atom is 0.140 e. The summed E-state index contributed by atoms with van der Waals surface area (Å²) in [5, 5.41) is 0. The molecule has 102 valence electrons. The average molecular weight is 261 g/mol. The molecule has 0 N–H and O–H groups in total. The number of hydrogen-bond acceptors (Lipinski definition) is 4. The van der Waals surface area contributed by atoms with Crippen molar-refractivity contribution in [2.75, 3.05) is 39.5 Å². The molecular weight excluding hydrogens is 242 g/mol. The van der Waals surface area contributed by atoms with Crippen LogP contribution in [0.5, 0.6) is 5.75 Å². The van der Waals surface area contributed by atoms with Crippen LogP contribution in [0.15, 0.2) is 24.5 Å². The number of pyridine rings is 1. The minimum atomic E-state index is 0.704. The van der Waals surface area contributed by atoms with Crippen LogP contribution in [0, 0.1) is 6.92 Å². The number of imidazole rings is 1. The molecule has 0 amide bonds. The summed E-state index contributed by atoms with van der Waals surface area (Å²) in [6.07, 6.45) is 3.87. The molecule has 1 aliphatic rings. The zero-order valence-corrected chi connectivity index (χ0v) is 11.2. The molecule has 0 spiro atoms. The average Bonchev–Trinajstić information content (AvgIpc) is 2.81. The topological polar surface area (TPSA) is 39.0 Å². The molecule has 0 aromatic carbocycles. The third-order valence-corrected chi connectivity index (χ3v) is 3.45. The number of nitrogens with zero attached hydrogens (tertiary/aromatic N) is 3. The van der Waals surface area contributed by atoms with Gasteiger partial charge in [-0.3, -0.25) is 4.90 Å². The summed E-state index contributed by atoms with van der Waals surface area (Å²) in [4.78, 5) is 6.70. The van der Waals surface area contributed by atoms with Crippen LogP contribution in [-0.2, 0) is 4.74 Å². The summed E-state index contributed by atoms with van der Waals surface area (Å²) in [7, 11) is 0. The summed E-state index contributed by atoms with van der Waals surface area (Å²) in [5.41, 5.74) is 2.07. The van der Waals surface area contributed by atoms with E-state index in [1.807, 2.05) is 31.5 Å². The Morgan fingerprint density at radius 3 is 3.05 bits per heavy atom. The summed E-state index contributed by atoms with van der Waals surface area (Å²) in [6.45, 7) is 7.36. The second kappa shape index (κ2) is 5.59. The van der Waals surface area contributed by atoms with Crippen LogP contribution in [-0.4, -0.2) is 53.7 Å². The van der Waals surface area contributed by atoms with E-state index >= 15 is 0 Å². The van der Waals surface area contributed by atoms with Crippen molar-refractivity contribution in [1.82, 2.24) is 14.3 Å². The molecule has 3 heterocycles. The number of aromatic nitrogens is 2. The largest absolute Gasteiger partial charge is 0.492 e. The molecule has 2 aromatic heterocycles. The summed E-state index contributed by atoms with van der Waals surface area (Å²) < 4.78 is 13.2. The van der Waals surface area contributed by atoms with E-state index in [4.69, 9.17) is 9.47 Å². The molecule has 19 heavy (non-hydrogen) atoms. The van der Waals surface area contributed by atoms with Gasteiger partial charge >= 0.3 is 0 Å². The van der Waals surface area contributed by atoms with Gasteiger partial charge in [0.15, 0.2) is 0 Å². The molecule has 0 bridgehead atoms. The Morgan fingerprint density at radius 1 is 1.37 bits per heavy atom. The smallest absolute Gasteiger partial charge is 0.140 e. The van der Waals surface area contributed by atoms with E-state index in [0.717, 1.165) is 49.9 Å². The van der Waals surface area contributed by atoms with E-state index in [9.17, 15) is 0 Å². The molecule has 0 atom stereocenters. The molecule has 0 unspecified atom stereocenters. The summed E-state index contributed by atoms with van der Waals surface area (Å²) in [5.74, 6) is 0.881. The van der Waals surface area contributed by atoms with Crippen molar-refractivity contribution < 1.29 is 9.47 Å². The number of ether oxygens (including phenoxy) is 2. The van der Waals surface area contributed by atoms with Crippen molar-refractivity contribution in [3.05, 3.63) is 30.2 Å². The molecule has 2 aromatic rings. The quantitative estimate of drug-likeness (QED) is 0.833. The van der Waals surface area contributed by atoms with Crippen molar-refractivity contribution in [2.45, 2.75) is 6.92 Å². The predicted octanol–water partition coefficient (Wildman–Crippen LogP) is 1.35. The maximum absolute atomic E-state index is 5.79. The van der Waals surface area contributed by atoms with Crippen molar-refractivity contribution in [3.63, 3.8) is 0 Å². The lowest BCUT2D eigenvalue weighted by molar-refractivity contribution is 0.0322. The Bertz CT molecular complexity index is 547. The highest BCUT2D eigenvalue weighted by atomic mass is 16.5. The van der Waals surface area contributed by atoms with Crippen LogP contribution in [0.25, 0.3) is 5.65 Å². The lowest BCUT2D eigenvalue weighted by atomic mass is 10.4. The highest BCUT2D eigenvalue weighted by Gasteiger charge is 2.09. The molecule has 1 saturated heterocycles. The van der Waals surface area contributed by atoms with Gasteiger partial charge in [0, 0.05) is 43.8 Å². The van der Waals surface area contributed by atoms with E-state index in [1.54, 1.807) is 0 Å². The van der Waals surface area contributed by atoms with E-state index in [0.29, 0.717) is 6.61 Å². The third-order valence-electron chi connectivity index (χ3n) is 3.45. The standard InChI is InChI=1S/C14H19N3O2/c1-12-11-15-14-10-13(2-3-17(12)14)19-9-6-16-4-7-18-8-5-16/h2-3,10-11H,4-9H2,1H3. The first-order valence-corrected chi connectivity index (χ1v) is 6.69. The molecule has 3 rings (SSSR count). The number of rotatable bonds is 4. The van der Waals surface area contributed by atoms with Crippen LogP contribution in [0.3, 0.4) is 0 Å². The van der Waals surface area contributed by atoms with Gasteiger partial charge in [-0.15, -0.1) is 0 Å². The first-order valence-electron chi connectivity index (χ1n) is 6.69. The van der Waals surface area contributed by atoms with Crippen molar-refractivity contribution in [1.29, 1.82) is 0 Å². The van der Waals surface area contributed by atoms with Crippen molar-refractivity contribution in [2.24, 2.45) is 0 Å². The van der Waals surface area contributed by atoms with Gasteiger partial charge in [-0.05, 0) is 13.0 Å². The number of aryl methyl sites for hydroxylation is 1. The van der Waals surface area contributed by atoms with E-state index in [-0.39, 0.29) is 0 Å². The minimum absolute atomic E-state index is 0.704. The van der Waals surface area contributed by atoms with Gasteiger partial charge in [0.1, 0.15) is 18.0 Å². The Labute approximate surface area is 112 Å². The Balaban J connectivity index is 1.56. The Kier molecular flexibility index (Phi) is 3.66. The molecule has 0 saturated carbocycles. The maximum atomic E-state index is 5.79. The number of hydrogen-bond donors (Lipinski definition) is 0. The monoisotopic (exact) mass is 261 g/mol. The van der Waals surface area contributed by atoms with E-state index in [1.165, 1.54) is 0 Å². The fourth-order valence-corrected chi connectivity index (χ4v) is 2.30. The van der Waals surface area contributed by atoms with Gasteiger partial charge in [-0.25, -0.2) is 4.98 Å². The third kappa shape index (κ3) is 2.88. The second-order valence-electron chi connectivity index (χ2n) is 4.79. The van der Waals surface area contributed by atoms with E-state index in [2.05, 4.69) is 14.3 Å². The number of morpholine rings is 1. The van der Waals surface area contributed by atoms with Gasteiger partial charge < -0.3 is 13.9 Å². The van der Waals surface area contributed by atoms with Crippen molar-refractivity contribution in [3.8, 4) is 5.75 Å². The molecule has 5 nitrogen and oxygen atoms in total. The first kappa shape index (κ1) is 12.4. The fraction of sp³-hybridized carbons (Fsp3) is 0.500. The van der Waals surface area contributed by atoms with Crippen molar-refractivity contribution >= 4 is 5.65 Å². The van der Waals surface area contributed by atoms with Crippen LogP contribution >= 0.6 is 0 Å². The van der Waals surface area contributed by atoms with Gasteiger partial charge in [-0.2, -0.15) is 0 Å². The zero-order chi connectivity index (χ0) is 13.1. The van der Waals surface area contributed by atoms with Crippen LogP contribution in [0.1, 0.15) is 5.69 Å². The molecule has 1 fully saturated rings. The van der Waals surface area contributed by atoms with Gasteiger partial charge in [0.25, 0.3) is 0 Å². The summed E-state index contributed by atoms with van der Waals surface area (Å²) in [6, 6.07) is 3.97. The lowest BCUT2D eigenvalue weighted by Crippen LogP contribution is -2.38. The first-order chi connectivity index (χ1) is 9.33. The van der Waals surface area contributed by atoms with Gasteiger partial charge in [0.2, 0.25) is 0 Å². The zero-order valence-electron chi connectivity index (χ0n) is 11.2. The van der Waals surface area contributed by atoms with Gasteiger partial charge in [0.05, 0.1) is 13.2 Å². The molecular formula is C14H19N3O2. The fourth-order valence-electron chi connectivity index (χ4n) is 2.30. The second-order valence-corrected chi connectivity index (χ2v) is 4.79.